The number of aromatic nitrogens is 4. The van der Waals surface area contributed by atoms with Gasteiger partial charge in [0.05, 0.1) is 6.54 Å². The highest BCUT2D eigenvalue weighted by atomic mass is 16.1. The molecule has 0 aliphatic heterocycles. The number of rotatable bonds is 5. The maximum Gasteiger partial charge on any atom is 0.222 e. The molecule has 1 N–H and O–H groups in total. The van der Waals surface area contributed by atoms with Crippen molar-refractivity contribution in [2.45, 2.75) is 19.5 Å². The van der Waals surface area contributed by atoms with E-state index in [1.807, 2.05) is 47.1 Å². The molecule has 24 heavy (non-hydrogen) atoms. The standard InChI is InChI=1S/C18H17N5O/c24-18(9-12-22-11-8-14-5-1-2-6-15(14)22)19-13-17-21-20-16-7-3-4-10-23(16)17/h1-8,10-11H,9,12-13H2,(H,19,24). The molecule has 0 saturated heterocycles. The summed E-state index contributed by atoms with van der Waals surface area (Å²) in [5.41, 5.74) is 1.93. The van der Waals surface area contributed by atoms with E-state index in [2.05, 4.69) is 38.3 Å². The van der Waals surface area contributed by atoms with Crippen LogP contribution < -0.4 is 5.32 Å². The monoisotopic (exact) mass is 319 g/mol. The van der Waals surface area contributed by atoms with Gasteiger partial charge in [0, 0.05) is 30.9 Å². The van der Waals surface area contributed by atoms with E-state index in [1.54, 1.807) is 0 Å². The van der Waals surface area contributed by atoms with Gasteiger partial charge in [-0.1, -0.05) is 24.3 Å². The summed E-state index contributed by atoms with van der Waals surface area (Å²) < 4.78 is 3.97. The van der Waals surface area contributed by atoms with E-state index >= 15 is 0 Å². The molecule has 1 amide bonds. The lowest BCUT2D eigenvalue weighted by atomic mass is 10.2. The van der Waals surface area contributed by atoms with E-state index in [4.69, 9.17) is 0 Å². The van der Waals surface area contributed by atoms with Gasteiger partial charge in [-0.05, 0) is 29.7 Å². The average molecular weight is 319 g/mol. The number of amides is 1. The number of benzene rings is 1. The van der Waals surface area contributed by atoms with Crippen molar-refractivity contribution in [2.75, 3.05) is 0 Å². The Morgan fingerprint density at radius 1 is 1.00 bits per heavy atom. The Labute approximate surface area is 138 Å². The number of hydrogen-bond donors (Lipinski definition) is 1. The molecule has 0 aliphatic rings. The van der Waals surface area contributed by atoms with Gasteiger partial charge in [0.25, 0.3) is 0 Å². The third-order valence-corrected chi connectivity index (χ3v) is 4.09. The van der Waals surface area contributed by atoms with E-state index in [9.17, 15) is 4.79 Å². The Morgan fingerprint density at radius 2 is 1.88 bits per heavy atom. The van der Waals surface area contributed by atoms with Crippen molar-refractivity contribution in [3.63, 3.8) is 0 Å². The summed E-state index contributed by atoms with van der Waals surface area (Å²) in [7, 11) is 0. The highest BCUT2D eigenvalue weighted by Gasteiger charge is 2.08. The number of carbonyl (C=O) groups excluding carboxylic acids is 1. The number of carbonyl (C=O) groups is 1. The SMILES string of the molecule is O=C(CCn1ccc2ccccc21)NCc1nnc2ccccn12. The minimum Gasteiger partial charge on any atom is -0.349 e. The van der Waals surface area contributed by atoms with Gasteiger partial charge in [0.15, 0.2) is 11.5 Å². The van der Waals surface area contributed by atoms with Crippen LogP contribution in [0, 0.1) is 0 Å². The molecule has 3 aromatic heterocycles. The molecule has 0 spiro atoms. The van der Waals surface area contributed by atoms with Gasteiger partial charge in [-0.25, -0.2) is 0 Å². The lowest BCUT2D eigenvalue weighted by Crippen LogP contribution is -2.24. The highest BCUT2D eigenvalue weighted by molar-refractivity contribution is 5.80. The fourth-order valence-electron chi connectivity index (χ4n) is 2.84. The predicted molar refractivity (Wildman–Crippen MR) is 91.4 cm³/mol. The van der Waals surface area contributed by atoms with E-state index in [0.29, 0.717) is 19.5 Å². The van der Waals surface area contributed by atoms with Crippen LogP contribution in [0.4, 0.5) is 0 Å². The summed E-state index contributed by atoms with van der Waals surface area (Å²) in [5, 5.41) is 12.3. The predicted octanol–water partition coefficient (Wildman–Crippen LogP) is 2.39. The maximum atomic E-state index is 12.1. The summed E-state index contributed by atoms with van der Waals surface area (Å²) in [6.07, 6.45) is 4.34. The minimum atomic E-state index is 0.000428. The van der Waals surface area contributed by atoms with Crippen molar-refractivity contribution >= 4 is 22.5 Å². The Hall–Kier alpha value is -3.15. The maximum absolute atomic E-state index is 12.1. The number of pyridine rings is 1. The largest absolute Gasteiger partial charge is 0.349 e. The summed E-state index contributed by atoms with van der Waals surface area (Å²) in [5.74, 6) is 0.728. The van der Waals surface area contributed by atoms with Gasteiger partial charge in [0.2, 0.25) is 5.91 Å². The molecule has 6 heteroatoms. The van der Waals surface area contributed by atoms with Crippen molar-refractivity contribution in [3.8, 4) is 0 Å². The second-order valence-corrected chi connectivity index (χ2v) is 5.64. The molecule has 0 aliphatic carbocycles. The van der Waals surface area contributed by atoms with Gasteiger partial charge in [-0.2, -0.15) is 0 Å². The molecule has 0 bridgehead atoms. The van der Waals surface area contributed by atoms with Crippen LogP contribution >= 0.6 is 0 Å². The molecular formula is C18H17N5O. The fraction of sp³-hybridized carbons (Fsp3) is 0.167. The fourth-order valence-corrected chi connectivity index (χ4v) is 2.84. The van der Waals surface area contributed by atoms with Gasteiger partial charge in [0.1, 0.15) is 0 Å². The molecule has 0 atom stereocenters. The van der Waals surface area contributed by atoms with E-state index in [-0.39, 0.29) is 5.91 Å². The Bertz CT molecular complexity index is 921. The molecule has 6 nitrogen and oxygen atoms in total. The van der Waals surface area contributed by atoms with E-state index < -0.39 is 0 Å². The second-order valence-electron chi connectivity index (χ2n) is 5.64. The normalized spacial score (nSPS) is 11.2. The zero-order valence-corrected chi connectivity index (χ0v) is 13.1. The summed E-state index contributed by atoms with van der Waals surface area (Å²) in [6, 6.07) is 15.9. The number of nitrogens with one attached hydrogen (secondary N) is 1. The lowest BCUT2D eigenvalue weighted by Gasteiger charge is -2.06. The average Bonchev–Trinajstić information content (AvgIpc) is 3.22. The first-order valence-corrected chi connectivity index (χ1v) is 7.90. The molecule has 120 valence electrons. The summed E-state index contributed by atoms with van der Waals surface area (Å²) in [4.78, 5) is 12.1. The van der Waals surface area contributed by atoms with Crippen LogP contribution in [0.15, 0.2) is 60.9 Å². The van der Waals surface area contributed by atoms with Crippen molar-refractivity contribution < 1.29 is 4.79 Å². The first-order valence-electron chi connectivity index (χ1n) is 7.90. The van der Waals surface area contributed by atoms with Crippen molar-refractivity contribution in [3.05, 3.63) is 66.7 Å². The summed E-state index contributed by atoms with van der Waals surface area (Å²) >= 11 is 0. The topological polar surface area (TPSA) is 64.2 Å². The molecule has 3 heterocycles. The summed E-state index contributed by atoms with van der Waals surface area (Å²) in [6.45, 7) is 1.02. The molecular weight excluding hydrogens is 302 g/mol. The van der Waals surface area contributed by atoms with Crippen LogP contribution in [-0.2, 0) is 17.9 Å². The zero-order valence-electron chi connectivity index (χ0n) is 13.1. The van der Waals surface area contributed by atoms with Gasteiger partial charge < -0.3 is 9.88 Å². The third-order valence-electron chi connectivity index (χ3n) is 4.09. The first-order chi connectivity index (χ1) is 11.8. The molecule has 0 fully saturated rings. The highest BCUT2D eigenvalue weighted by Crippen LogP contribution is 2.15. The molecule has 4 rings (SSSR count). The van der Waals surface area contributed by atoms with E-state index in [0.717, 1.165) is 17.0 Å². The second kappa shape index (κ2) is 6.16. The number of fused-ring (bicyclic) bond motifs is 2. The van der Waals surface area contributed by atoms with Gasteiger partial charge >= 0.3 is 0 Å². The Morgan fingerprint density at radius 3 is 2.83 bits per heavy atom. The molecule has 4 aromatic rings. The van der Waals surface area contributed by atoms with Crippen LogP contribution in [0.25, 0.3) is 16.6 Å². The Balaban J connectivity index is 1.37. The van der Waals surface area contributed by atoms with Crippen LogP contribution in [-0.4, -0.2) is 25.1 Å². The number of para-hydroxylation sites is 1. The van der Waals surface area contributed by atoms with Gasteiger partial charge in [-0.15, -0.1) is 10.2 Å². The molecule has 0 saturated carbocycles. The van der Waals surface area contributed by atoms with Crippen LogP contribution in [0.2, 0.25) is 0 Å². The number of nitrogens with zero attached hydrogens (tertiary/aromatic N) is 4. The molecule has 0 unspecified atom stereocenters. The molecule has 1 aromatic carbocycles. The first kappa shape index (κ1) is 14.4. The third kappa shape index (κ3) is 2.74. The van der Waals surface area contributed by atoms with Crippen LogP contribution in [0.5, 0.6) is 0 Å². The van der Waals surface area contributed by atoms with Crippen molar-refractivity contribution in [1.82, 2.24) is 24.5 Å². The van der Waals surface area contributed by atoms with Gasteiger partial charge in [-0.3, -0.25) is 9.20 Å². The Kier molecular flexibility index (Phi) is 3.70. The number of aryl methyl sites for hydroxylation is 1. The molecule has 0 radical (unpaired) electrons. The van der Waals surface area contributed by atoms with Crippen LogP contribution in [0.3, 0.4) is 0 Å². The van der Waals surface area contributed by atoms with E-state index in [1.165, 1.54) is 5.39 Å². The lowest BCUT2D eigenvalue weighted by molar-refractivity contribution is -0.121. The smallest absolute Gasteiger partial charge is 0.222 e. The quantitative estimate of drug-likeness (QED) is 0.614. The number of hydrogen-bond acceptors (Lipinski definition) is 3. The zero-order chi connectivity index (χ0) is 16.4. The van der Waals surface area contributed by atoms with Crippen LogP contribution in [0.1, 0.15) is 12.2 Å². The minimum absolute atomic E-state index is 0.000428. The van der Waals surface area contributed by atoms with Crippen molar-refractivity contribution in [2.24, 2.45) is 0 Å². The van der Waals surface area contributed by atoms with Crippen molar-refractivity contribution in [1.29, 1.82) is 0 Å².